The molecule has 0 saturated carbocycles. The number of nitro groups is 1. The van der Waals surface area contributed by atoms with Gasteiger partial charge in [-0.2, -0.15) is 17.9 Å². The Balaban J connectivity index is 2.41. The Hall–Kier alpha value is -1.99. The maximum atomic E-state index is 10.9. The maximum Gasteiger partial charge on any atom is 0.342 e. The molecular formula is C9H8N6O2S2. The van der Waals surface area contributed by atoms with Gasteiger partial charge in [-0.15, -0.1) is 10.2 Å². The van der Waals surface area contributed by atoms with Gasteiger partial charge in [0, 0.05) is 0 Å². The summed E-state index contributed by atoms with van der Waals surface area (Å²) in [6.45, 7) is 2.17. The summed E-state index contributed by atoms with van der Waals surface area (Å²) in [4.78, 5) is 14.4. The first-order chi connectivity index (χ1) is 9.08. The highest BCUT2D eigenvalue weighted by Crippen LogP contribution is 2.31. The zero-order valence-corrected chi connectivity index (χ0v) is 11.4. The van der Waals surface area contributed by atoms with Gasteiger partial charge in [-0.3, -0.25) is 0 Å². The quantitative estimate of drug-likeness (QED) is 0.520. The van der Waals surface area contributed by atoms with E-state index in [0.717, 1.165) is 11.3 Å². The van der Waals surface area contributed by atoms with Crippen LogP contribution in [0.1, 0.15) is 28.0 Å². The first kappa shape index (κ1) is 13.4. The average molecular weight is 296 g/mol. The molecule has 8 nitrogen and oxygen atoms in total. The lowest BCUT2D eigenvalue weighted by molar-refractivity contribution is -0.392. The summed E-state index contributed by atoms with van der Waals surface area (Å²) in [5.41, 5.74) is 0. The number of nitrogens with zero attached hydrogens (tertiary/aromatic N) is 6. The van der Waals surface area contributed by atoms with E-state index in [1.165, 1.54) is 10.8 Å². The van der Waals surface area contributed by atoms with Gasteiger partial charge in [0.25, 0.3) is 0 Å². The highest BCUT2D eigenvalue weighted by molar-refractivity contribution is 7.80. The molecule has 98 valence electrons. The summed E-state index contributed by atoms with van der Waals surface area (Å²) < 4.78 is 1.45. The van der Waals surface area contributed by atoms with Gasteiger partial charge in [0.05, 0.1) is 6.54 Å². The number of thiol groups is 1. The molecule has 10 heteroatoms. The van der Waals surface area contributed by atoms with Gasteiger partial charge in [-0.05, 0) is 11.8 Å². The van der Waals surface area contributed by atoms with Gasteiger partial charge in [-0.1, -0.05) is 11.3 Å². The molecule has 2 heterocycles. The third-order valence-corrected chi connectivity index (χ3v) is 3.93. The third-order valence-electron chi connectivity index (χ3n) is 2.38. The van der Waals surface area contributed by atoms with E-state index in [0.29, 0.717) is 17.4 Å². The largest absolute Gasteiger partial charge is 0.358 e. The van der Waals surface area contributed by atoms with Crippen molar-refractivity contribution in [2.75, 3.05) is 0 Å². The molecule has 1 atom stereocenters. The van der Waals surface area contributed by atoms with Crippen molar-refractivity contribution in [1.29, 1.82) is 5.26 Å². The molecule has 0 fully saturated rings. The van der Waals surface area contributed by atoms with Gasteiger partial charge >= 0.3 is 5.82 Å². The van der Waals surface area contributed by atoms with Crippen LogP contribution in [0.4, 0.5) is 5.82 Å². The van der Waals surface area contributed by atoms with Crippen LogP contribution in [-0.2, 0) is 6.54 Å². The fourth-order valence-electron chi connectivity index (χ4n) is 1.57. The minimum Gasteiger partial charge on any atom is -0.358 e. The van der Waals surface area contributed by atoms with Crippen molar-refractivity contribution < 1.29 is 4.92 Å². The molecule has 0 bridgehead atoms. The predicted molar refractivity (Wildman–Crippen MR) is 70.0 cm³/mol. The molecule has 1 unspecified atom stereocenters. The lowest BCUT2D eigenvalue weighted by Crippen LogP contribution is -2.08. The van der Waals surface area contributed by atoms with Crippen LogP contribution < -0.4 is 0 Å². The van der Waals surface area contributed by atoms with Gasteiger partial charge in [0.2, 0.25) is 10.8 Å². The summed E-state index contributed by atoms with van der Waals surface area (Å²) in [6, 6.07) is 1.88. The molecular weight excluding hydrogens is 288 g/mol. The lowest BCUT2D eigenvalue weighted by atomic mass is 10.4. The van der Waals surface area contributed by atoms with Crippen molar-refractivity contribution >= 4 is 29.8 Å². The topological polar surface area (TPSA) is 111 Å². The monoisotopic (exact) mass is 296 g/mol. The lowest BCUT2D eigenvalue weighted by Gasteiger charge is -2.05. The molecule has 0 aliphatic carbocycles. The molecule has 0 aliphatic heterocycles. The minimum atomic E-state index is -0.548. The molecule has 0 radical (unpaired) electrons. The van der Waals surface area contributed by atoms with Crippen LogP contribution in [0.15, 0.2) is 6.20 Å². The van der Waals surface area contributed by atoms with Gasteiger partial charge in [0.15, 0.2) is 0 Å². The van der Waals surface area contributed by atoms with E-state index in [-0.39, 0.29) is 10.8 Å². The summed E-state index contributed by atoms with van der Waals surface area (Å²) in [7, 11) is 0. The fourth-order valence-corrected chi connectivity index (χ4v) is 2.61. The van der Waals surface area contributed by atoms with Crippen LogP contribution >= 0.6 is 24.0 Å². The molecule has 0 N–H and O–H groups in total. The van der Waals surface area contributed by atoms with Gasteiger partial charge < -0.3 is 10.1 Å². The minimum absolute atomic E-state index is 0.0958. The smallest absolute Gasteiger partial charge is 0.342 e. The molecule has 2 aromatic heterocycles. The summed E-state index contributed by atoms with van der Waals surface area (Å²) >= 11 is 5.45. The zero-order valence-electron chi connectivity index (χ0n) is 9.72. The van der Waals surface area contributed by atoms with Crippen molar-refractivity contribution in [3.8, 4) is 6.07 Å². The summed E-state index contributed by atoms with van der Waals surface area (Å²) in [6.07, 6.45) is 1.19. The van der Waals surface area contributed by atoms with E-state index in [9.17, 15) is 10.1 Å². The van der Waals surface area contributed by atoms with Crippen LogP contribution in [0.3, 0.4) is 0 Å². The standard InChI is InChI=1S/C9H8N6O2S2/c1-2-14-6(15(16)17)4-11-8(14)7(18)9-13-12-5(3-10)19-9/h4,7,18H,2H2,1H3. The molecule has 0 amide bonds. The zero-order chi connectivity index (χ0) is 14.0. The van der Waals surface area contributed by atoms with Crippen LogP contribution in [0.25, 0.3) is 0 Å². The molecule has 0 saturated heterocycles. The Morgan fingerprint density at radius 3 is 2.95 bits per heavy atom. The van der Waals surface area contributed by atoms with Crippen molar-refractivity contribution in [2.24, 2.45) is 0 Å². The number of hydrogen-bond acceptors (Lipinski definition) is 8. The number of aromatic nitrogens is 4. The van der Waals surface area contributed by atoms with E-state index in [1.807, 2.05) is 6.07 Å². The average Bonchev–Trinajstić information content (AvgIpc) is 3.03. The number of rotatable bonds is 4. The highest BCUT2D eigenvalue weighted by Gasteiger charge is 2.27. The first-order valence-corrected chi connectivity index (χ1v) is 6.53. The molecule has 19 heavy (non-hydrogen) atoms. The SMILES string of the molecule is CCn1c([N+](=O)[O-])cnc1C(S)c1nnc(C#N)s1. The molecule has 0 aliphatic rings. The second-order valence-electron chi connectivity index (χ2n) is 3.44. The Labute approximate surface area is 117 Å². The van der Waals surface area contributed by atoms with E-state index in [4.69, 9.17) is 5.26 Å². The van der Waals surface area contributed by atoms with E-state index in [1.54, 1.807) is 6.92 Å². The van der Waals surface area contributed by atoms with Crippen LogP contribution in [0.2, 0.25) is 0 Å². The van der Waals surface area contributed by atoms with Crippen molar-refractivity contribution in [3.63, 3.8) is 0 Å². The predicted octanol–water partition coefficient (Wildman–Crippen LogP) is 1.55. The van der Waals surface area contributed by atoms with E-state index < -0.39 is 10.2 Å². The van der Waals surface area contributed by atoms with E-state index >= 15 is 0 Å². The molecule has 2 rings (SSSR count). The third kappa shape index (κ3) is 2.42. The Bertz CT molecular complexity index is 658. The summed E-state index contributed by atoms with van der Waals surface area (Å²) in [5.74, 6) is 0.319. The Kier molecular flexibility index (Phi) is 3.77. The van der Waals surface area contributed by atoms with Crippen LogP contribution in [0, 0.1) is 21.4 Å². The number of imidazole rings is 1. The van der Waals surface area contributed by atoms with Crippen molar-refractivity contribution in [3.05, 3.63) is 32.2 Å². The molecule has 0 aromatic carbocycles. The normalized spacial score (nSPS) is 12.1. The molecule has 2 aromatic rings. The maximum absolute atomic E-state index is 10.9. The van der Waals surface area contributed by atoms with Crippen molar-refractivity contribution in [2.45, 2.75) is 18.7 Å². The first-order valence-electron chi connectivity index (χ1n) is 5.19. The second-order valence-corrected chi connectivity index (χ2v) is 4.96. The van der Waals surface area contributed by atoms with Gasteiger partial charge in [0.1, 0.15) is 22.5 Å². The Morgan fingerprint density at radius 2 is 2.42 bits per heavy atom. The highest BCUT2D eigenvalue weighted by atomic mass is 32.1. The van der Waals surface area contributed by atoms with Crippen LogP contribution in [0.5, 0.6) is 0 Å². The second kappa shape index (κ2) is 5.33. The van der Waals surface area contributed by atoms with Crippen molar-refractivity contribution in [1.82, 2.24) is 19.7 Å². The van der Waals surface area contributed by atoms with Crippen LogP contribution in [-0.4, -0.2) is 24.7 Å². The number of hydrogen-bond donors (Lipinski definition) is 1. The molecule has 0 spiro atoms. The number of nitriles is 1. The summed E-state index contributed by atoms with van der Waals surface area (Å²) in [5, 5.41) is 27.2. The fraction of sp³-hybridized carbons (Fsp3) is 0.333. The van der Waals surface area contributed by atoms with E-state index in [2.05, 4.69) is 27.8 Å². The van der Waals surface area contributed by atoms with Gasteiger partial charge in [-0.25, -0.2) is 9.55 Å². The Morgan fingerprint density at radius 1 is 1.68 bits per heavy atom.